The Morgan fingerprint density at radius 2 is 1.80 bits per heavy atom. The Morgan fingerprint density at radius 3 is 2.35 bits per heavy atom. The molecule has 0 atom stereocenters. The lowest BCUT2D eigenvalue weighted by Gasteiger charge is -2.35. The SMILES string of the molecule is CC1(C)CCC(Nc2cc(Br)nc(C(C)(C)C)n2)CC1. The molecular weight excluding hydrogens is 314 g/mol. The number of hydrogen-bond acceptors (Lipinski definition) is 3. The molecular formula is C16H26BrN3. The molecule has 0 saturated heterocycles. The first-order chi connectivity index (χ1) is 9.16. The van der Waals surface area contributed by atoms with Gasteiger partial charge in [0.05, 0.1) is 0 Å². The van der Waals surface area contributed by atoms with Gasteiger partial charge in [0.1, 0.15) is 16.2 Å². The minimum Gasteiger partial charge on any atom is -0.367 e. The third-order valence-electron chi connectivity index (χ3n) is 4.06. The van der Waals surface area contributed by atoms with E-state index in [2.05, 4.69) is 65.8 Å². The van der Waals surface area contributed by atoms with E-state index in [9.17, 15) is 0 Å². The maximum Gasteiger partial charge on any atom is 0.137 e. The third-order valence-corrected chi connectivity index (χ3v) is 4.46. The Hall–Kier alpha value is -0.640. The van der Waals surface area contributed by atoms with Gasteiger partial charge in [-0.25, -0.2) is 9.97 Å². The van der Waals surface area contributed by atoms with Crippen molar-refractivity contribution in [3.8, 4) is 0 Å². The number of nitrogens with one attached hydrogen (secondary N) is 1. The summed E-state index contributed by atoms with van der Waals surface area (Å²) in [4.78, 5) is 9.17. The van der Waals surface area contributed by atoms with Gasteiger partial charge >= 0.3 is 0 Å². The molecule has 0 radical (unpaired) electrons. The van der Waals surface area contributed by atoms with E-state index in [1.807, 2.05) is 6.07 Å². The molecule has 1 aliphatic rings. The molecule has 1 heterocycles. The molecule has 0 aliphatic heterocycles. The van der Waals surface area contributed by atoms with Gasteiger partial charge in [-0.3, -0.25) is 0 Å². The van der Waals surface area contributed by atoms with Crippen LogP contribution in [0.5, 0.6) is 0 Å². The van der Waals surface area contributed by atoms with E-state index >= 15 is 0 Å². The molecule has 2 rings (SSSR count). The number of halogens is 1. The number of hydrogen-bond donors (Lipinski definition) is 1. The standard InChI is InChI=1S/C16H26BrN3/c1-15(2,3)14-19-12(17)10-13(20-14)18-11-6-8-16(4,5)9-7-11/h10-11H,6-9H2,1-5H3,(H,18,19,20). The minimum absolute atomic E-state index is 0.0330. The van der Waals surface area contributed by atoms with Gasteiger partial charge in [0.2, 0.25) is 0 Å². The Balaban J connectivity index is 2.09. The fourth-order valence-electron chi connectivity index (χ4n) is 2.58. The highest BCUT2D eigenvalue weighted by molar-refractivity contribution is 9.10. The van der Waals surface area contributed by atoms with Gasteiger partial charge in [-0.15, -0.1) is 0 Å². The highest BCUT2D eigenvalue weighted by Gasteiger charge is 2.27. The molecule has 112 valence electrons. The number of aromatic nitrogens is 2. The van der Waals surface area contributed by atoms with Gasteiger partial charge in [-0.1, -0.05) is 34.6 Å². The molecule has 3 nitrogen and oxygen atoms in total. The second-order valence-corrected chi connectivity index (χ2v) is 8.54. The second kappa shape index (κ2) is 5.63. The summed E-state index contributed by atoms with van der Waals surface area (Å²) in [6, 6.07) is 2.52. The van der Waals surface area contributed by atoms with Crippen molar-refractivity contribution in [1.29, 1.82) is 0 Å². The Kier molecular flexibility index (Phi) is 4.43. The van der Waals surface area contributed by atoms with Crippen LogP contribution in [0.1, 0.15) is 66.1 Å². The number of rotatable bonds is 2. The maximum absolute atomic E-state index is 4.68. The molecule has 1 fully saturated rings. The predicted molar refractivity (Wildman–Crippen MR) is 88.1 cm³/mol. The van der Waals surface area contributed by atoms with Crippen molar-refractivity contribution in [3.05, 3.63) is 16.5 Å². The topological polar surface area (TPSA) is 37.8 Å². The largest absolute Gasteiger partial charge is 0.367 e. The van der Waals surface area contributed by atoms with E-state index in [-0.39, 0.29) is 5.41 Å². The molecule has 0 bridgehead atoms. The molecule has 4 heteroatoms. The summed E-state index contributed by atoms with van der Waals surface area (Å²) in [5, 5.41) is 3.59. The zero-order chi connectivity index (χ0) is 15.0. The van der Waals surface area contributed by atoms with Crippen molar-refractivity contribution in [3.63, 3.8) is 0 Å². The zero-order valence-corrected chi connectivity index (χ0v) is 14.8. The zero-order valence-electron chi connectivity index (χ0n) is 13.3. The van der Waals surface area contributed by atoms with E-state index < -0.39 is 0 Å². The van der Waals surface area contributed by atoms with E-state index in [1.165, 1.54) is 25.7 Å². The van der Waals surface area contributed by atoms with Crippen LogP contribution in [-0.4, -0.2) is 16.0 Å². The lowest BCUT2D eigenvalue weighted by molar-refractivity contribution is 0.232. The van der Waals surface area contributed by atoms with Crippen LogP contribution in [0.25, 0.3) is 0 Å². The van der Waals surface area contributed by atoms with E-state index in [0.29, 0.717) is 11.5 Å². The van der Waals surface area contributed by atoms with E-state index in [0.717, 1.165) is 16.2 Å². The van der Waals surface area contributed by atoms with Crippen LogP contribution < -0.4 is 5.32 Å². The van der Waals surface area contributed by atoms with Crippen molar-refractivity contribution < 1.29 is 0 Å². The van der Waals surface area contributed by atoms with Crippen LogP contribution in [0.4, 0.5) is 5.82 Å². The number of anilines is 1. The molecule has 1 aliphatic carbocycles. The van der Waals surface area contributed by atoms with Gasteiger partial charge in [0, 0.05) is 17.5 Å². The highest BCUT2D eigenvalue weighted by Crippen LogP contribution is 2.36. The Morgan fingerprint density at radius 1 is 1.20 bits per heavy atom. The van der Waals surface area contributed by atoms with Crippen molar-refractivity contribution in [2.45, 2.75) is 71.8 Å². The molecule has 0 amide bonds. The molecule has 1 aromatic heterocycles. The summed E-state index contributed by atoms with van der Waals surface area (Å²) in [6.07, 6.45) is 5.01. The lowest BCUT2D eigenvalue weighted by atomic mass is 9.75. The molecule has 1 aromatic rings. The van der Waals surface area contributed by atoms with Gasteiger partial charge < -0.3 is 5.32 Å². The summed E-state index contributed by atoms with van der Waals surface area (Å²) in [5.41, 5.74) is 0.468. The van der Waals surface area contributed by atoms with Gasteiger partial charge in [0.15, 0.2) is 0 Å². The Bertz CT molecular complexity index is 467. The third kappa shape index (κ3) is 4.18. The highest BCUT2D eigenvalue weighted by atomic mass is 79.9. The van der Waals surface area contributed by atoms with Crippen LogP contribution in [0.15, 0.2) is 10.7 Å². The molecule has 20 heavy (non-hydrogen) atoms. The van der Waals surface area contributed by atoms with Gasteiger partial charge in [0.25, 0.3) is 0 Å². The maximum atomic E-state index is 4.68. The van der Waals surface area contributed by atoms with Gasteiger partial charge in [-0.2, -0.15) is 0 Å². The lowest BCUT2D eigenvalue weighted by Crippen LogP contribution is -2.30. The van der Waals surface area contributed by atoms with Crippen LogP contribution in [0.2, 0.25) is 0 Å². The predicted octanol–water partition coefficient (Wildman–Crippen LogP) is 4.92. The fraction of sp³-hybridized carbons (Fsp3) is 0.750. The van der Waals surface area contributed by atoms with Crippen molar-refractivity contribution in [2.24, 2.45) is 5.41 Å². The average Bonchev–Trinajstić information content (AvgIpc) is 2.30. The van der Waals surface area contributed by atoms with Crippen LogP contribution in [0, 0.1) is 5.41 Å². The summed E-state index contributed by atoms with van der Waals surface area (Å²) in [5.74, 6) is 1.83. The first-order valence-corrected chi connectivity index (χ1v) is 8.27. The molecule has 0 unspecified atom stereocenters. The normalized spacial score (nSPS) is 19.9. The summed E-state index contributed by atoms with van der Waals surface area (Å²) >= 11 is 3.50. The monoisotopic (exact) mass is 339 g/mol. The molecule has 0 aromatic carbocycles. The average molecular weight is 340 g/mol. The van der Waals surface area contributed by atoms with Crippen molar-refractivity contribution in [1.82, 2.24) is 9.97 Å². The van der Waals surface area contributed by atoms with Crippen molar-refractivity contribution in [2.75, 3.05) is 5.32 Å². The van der Waals surface area contributed by atoms with Crippen molar-refractivity contribution >= 4 is 21.7 Å². The van der Waals surface area contributed by atoms with Crippen LogP contribution in [0.3, 0.4) is 0 Å². The summed E-state index contributed by atoms with van der Waals surface area (Å²) < 4.78 is 0.857. The quantitative estimate of drug-likeness (QED) is 0.777. The first kappa shape index (κ1) is 15.7. The smallest absolute Gasteiger partial charge is 0.137 e. The van der Waals surface area contributed by atoms with Crippen LogP contribution in [-0.2, 0) is 5.41 Å². The minimum atomic E-state index is -0.0330. The summed E-state index contributed by atoms with van der Waals surface area (Å²) in [6.45, 7) is 11.1. The fourth-order valence-corrected chi connectivity index (χ4v) is 2.96. The van der Waals surface area contributed by atoms with Crippen LogP contribution >= 0.6 is 15.9 Å². The first-order valence-electron chi connectivity index (χ1n) is 7.47. The van der Waals surface area contributed by atoms with E-state index in [4.69, 9.17) is 0 Å². The van der Waals surface area contributed by atoms with E-state index in [1.54, 1.807) is 0 Å². The molecule has 1 saturated carbocycles. The second-order valence-electron chi connectivity index (χ2n) is 7.73. The number of nitrogens with zero attached hydrogens (tertiary/aromatic N) is 2. The Labute approximate surface area is 131 Å². The van der Waals surface area contributed by atoms with Gasteiger partial charge in [-0.05, 0) is 47.0 Å². The molecule has 1 N–H and O–H groups in total. The molecule has 0 spiro atoms. The summed E-state index contributed by atoms with van der Waals surface area (Å²) in [7, 11) is 0.